The molecule has 1 aromatic rings. The van der Waals surface area contributed by atoms with E-state index in [2.05, 4.69) is 9.17 Å². The second-order valence-electron chi connectivity index (χ2n) is 3.00. The third kappa shape index (κ3) is 3.78. The van der Waals surface area contributed by atoms with Gasteiger partial charge in [-0.05, 0) is 6.07 Å². The maximum absolute atomic E-state index is 12.4. The van der Waals surface area contributed by atoms with E-state index in [4.69, 9.17) is 0 Å². The second kappa shape index (κ2) is 4.38. The maximum Gasteiger partial charge on any atom is 0.416 e. The molecule has 0 aromatic carbocycles. The monoisotopic (exact) mass is 255 g/mol. The van der Waals surface area contributed by atoms with Crippen LogP contribution in [0.15, 0.2) is 18.5 Å². The lowest BCUT2D eigenvalue weighted by molar-refractivity contribution is -0.138. The van der Waals surface area contributed by atoms with E-state index in [1.54, 1.807) is 0 Å². The summed E-state index contributed by atoms with van der Waals surface area (Å²) in [6.07, 6.45) is -1.89. The Kier molecular flexibility index (Phi) is 3.54. The Bertz CT molecular complexity index is 470. The van der Waals surface area contributed by atoms with Crippen LogP contribution in [0.3, 0.4) is 0 Å². The molecule has 8 heteroatoms. The Hall–Kier alpha value is -1.15. The molecule has 16 heavy (non-hydrogen) atoms. The molecule has 0 aliphatic heterocycles. The van der Waals surface area contributed by atoms with Crippen molar-refractivity contribution in [3.8, 4) is 0 Å². The highest BCUT2D eigenvalue weighted by Crippen LogP contribution is 2.31. The van der Waals surface area contributed by atoms with Crippen LogP contribution in [0.2, 0.25) is 0 Å². The average Bonchev–Trinajstić information content (AvgIpc) is 2.12. The van der Waals surface area contributed by atoms with Crippen molar-refractivity contribution in [2.75, 3.05) is 6.26 Å². The van der Waals surface area contributed by atoms with Crippen LogP contribution in [0.25, 0.3) is 0 Å². The van der Waals surface area contributed by atoms with Crippen LogP contribution in [0.5, 0.6) is 0 Å². The Morgan fingerprint density at radius 1 is 1.44 bits per heavy atom. The van der Waals surface area contributed by atoms with Crippen molar-refractivity contribution in [2.24, 2.45) is 0 Å². The first-order chi connectivity index (χ1) is 7.20. The molecule has 0 aliphatic carbocycles. The molecule has 1 rings (SSSR count). The van der Waals surface area contributed by atoms with E-state index in [0.29, 0.717) is 0 Å². The number of rotatable bonds is 3. The zero-order valence-corrected chi connectivity index (χ0v) is 8.97. The van der Waals surface area contributed by atoms with Gasteiger partial charge in [-0.3, -0.25) is 9.17 Å². The van der Waals surface area contributed by atoms with E-state index >= 15 is 0 Å². The molecule has 0 spiro atoms. The van der Waals surface area contributed by atoms with Crippen LogP contribution in [0, 0.1) is 0 Å². The van der Waals surface area contributed by atoms with Gasteiger partial charge < -0.3 is 0 Å². The smallest absolute Gasteiger partial charge is 0.265 e. The Labute approximate surface area is 90.2 Å². The minimum absolute atomic E-state index is 0.319. The summed E-state index contributed by atoms with van der Waals surface area (Å²) < 4.78 is 62.9. The normalized spacial score (nSPS) is 12.8. The summed E-state index contributed by atoms with van der Waals surface area (Å²) in [5, 5.41) is 0. The zero-order valence-electron chi connectivity index (χ0n) is 8.15. The molecule has 1 heterocycles. The quantitative estimate of drug-likeness (QED) is 0.769. The van der Waals surface area contributed by atoms with Crippen LogP contribution >= 0.6 is 0 Å². The maximum atomic E-state index is 12.4. The van der Waals surface area contributed by atoms with Gasteiger partial charge in [0.05, 0.1) is 18.4 Å². The summed E-state index contributed by atoms with van der Waals surface area (Å²) in [4.78, 5) is 3.48. The predicted molar refractivity (Wildman–Crippen MR) is 48.9 cm³/mol. The number of hydrogen-bond acceptors (Lipinski definition) is 4. The SMILES string of the molecule is CS(=O)(=O)OCc1cnccc1C(F)(F)F. The van der Waals surface area contributed by atoms with E-state index in [-0.39, 0.29) is 5.56 Å². The van der Waals surface area contributed by atoms with Gasteiger partial charge in [-0.25, -0.2) is 0 Å². The van der Waals surface area contributed by atoms with Crippen LogP contribution in [-0.4, -0.2) is 19.7 Å². The van der Waals surface area contributed by atoms with Crippen molar-refractivity contribution < 1.29 is 25.8 Å². The van der Waals surface area contributed by atoms with Gasteiger partial charge in [0, 0.05) is 18.0 Å². The Morgan fingerprint density at radius 2 is 2.06 bits per heavy atom. The standard InChI is InChI=1S/C8H8F3NO3S/c1-16(13,14)15-5-6-4-12-3-2-7(6)8(9,10)11/h2-4H,5H2,1H3. The molecule has 0 amide bonds. The highest BCUT2D eigenvalue weighted by molar-refractivity contribution is 7.85. The molecular formula is C8H8F3NO3S. The highest BCUT2D eigenvalue weighted by Gasteiger charge is 2.33. The second-order valence-corrected chi connectivity index (χ2v) is 4.64. The lowest BCUT2D eigenvalue weighted by Crippen LogP contribution is -2.12. The summed E-state index contributed by atoms with van der Waals surface area (Å²) in [6, 6.07) is 0.765. The van der Waals surface area contributed by atoms with E-state index < -0.39 is 28.5 Å². The molecule has 90 valence electrons. The van der Waals surface area contributed by atoms with Crippen molar-refractivity contribution in [3.63, 3.8) is 0 Å². The summed E-state index contributed by atoms with van der Waals surface area (Å²) in [5.74, 6) is 0. The first kappa shape index (κ1) is 12.9. The molecule has 0 saturated heterocycles. The summed E-state index contributed by atoms with van der Waals surface area (Å²) in [7, 11) is -3.78. The lowest BCUT2D eigenvalue weighted by atomic mass is 10.1. The molecule has 0 saturated carbocycles. The van der Waals surface area contributed by atoms with Gasteiger partial charge in [0.15, 0.2) is 0 Å². The molecule has 4 nitrogen and oxygen atoms in total. The number of hydrogen-bond donors (Lipinski definition) is 0. The fourth-order valence-electron chi connectivity index (χ4n) is 0.989. The molecule has 0 atom stereocenters. The molecule has 0 radical (unpaired) electrons. The van der Waals surface area contributed by atoms with Gasteiger partial charge in [0.25, 0.3) is 10.1 Å². The van der Waals surface area contributed by atoms with Crippen molar-refractivity contribution in [2.45, 2.75) is 12.8 Å². The van der Waals surface area contributed by atoms with Crippen LogP contribution < -0.4 is 0 Å². The van der Waals surface area contributed by atoms with Crippen molar-refractivity contribution in [1.82, 2.24) is 4.98 Å². The van der Waals surface area contributed by atoms with Gasteiger partial charge in [-0.2, -0.15) is 21.6 Å². The Balaban J connectivity index is 2.97. The number of pyridine rings is 1. The van der Waals surface area contributed by atoms with E-state index in [1.807, 2.05) is 0 Å². The van der Waals surface area contributed by atoms with Gasteiger partial charge >= 0.3 is 6.18 Å². The van der Waals surface area contributed by atoms with Crippen LogP contribution in [0.4, 0.5) is 13.2 Å². The first-order valence-electron chi connectivity index (χ1n) is 4.04. The fourth-order valence-corrected chi connectivity index (χ4v) is 1.33. The topological polar surface area (TPSA) is 56.3 Å². The van der Waals surface area contributed by atoms with E-state index in [1.165, 1.54) is 0 Å². The van der Waals surface area contributed by atoms with Crippen molar-refractivity contribution >= 4 is 10.1 Å². The molecule has 0 bridgehead atoms. The minimum atomic E-state index is -4.56. The first-order valence-corrected chi connectivity index (χ1v) is 5.86. The third-order valence-corrected chi connectivity index (χ3v) is 2.18. The number of nitrogens with zero attached hydrogens (tertiary/aromatic N) is 1. The van der Waals surface area contributed by atoms with Gasteiger partial charge in [-0.15, -0.1) is 0 Å². The largest absolute Gasteiger partial charge is 0.416 e. The number of alkyl halides is 3. The molecular weight excluding hydrogens is 247 g/mol. The van der Waals surface area contributed by atoms with Crippen molar-refractivity contribution in [3.05, 3.63) is 29.6 Å². The van der Waals surface area contributed by atoms with Gasteiger partial charge in [0.1, 0.15) is 0 Å². The summed E-state index contributed by atoms with van der Waals surface area (Å²) in [6.45, 7) is -0.679. The number of halogens is 3. The molecule has 0 N–H and O–H groups in total. The summed E-state index contributed by atoms with van der Waals surface area (Å²) in [5.41, 5.74) is -1.27. The van der Waals surface area contributed by atoms with Crippen molar-refractivity contribution in [1.29, 1.82) is 0 Å². The van der Waals surface area contributed by atoms with E-state index in [9.17, 15) is 21.6 Å². The minimum Gasteiger partial charge on any atom is -0.265 e. The van der Waals surface area contributed by atoms with Gasteiger partial charge in [-0.1, -0.05) is 0 Å². The zero-order chi connectivity index (χ0) is 12.4. The summed E-state index contributed by atoms with van der Waals surface area (Å²) >= 11 is 0. The van der Waals surface area contributed by atoms with Gasteiger partial charge in [0.2, 0.25) is 0 Å². The molecule has 0 fully saturated rings. The third-order valence-electron chi connectivity index (χ3n) is 1.64. The molecule has 1 aromatic heterocycles. The Morgan fingerprint density at radius 3 is 2.56 bits per heavy atom. The fraction of sp³-hybridized carbons (Fsp3) is 0.375. The molecule has 0 aliphatic rings. The van der Waals surface area contributed by atoms with E-state index in [0.717, 1.165) is 24.7 Å². The molecule has 0 unspecified atom stereocenters. The highest BCUT2D eigenvalue weighted by atomic mass is 32.2. The lowest BCUT2D eigenvalue weighted by Gasteiger charge is -2.11. The number of aromatic nitrogens is 1. The van der Waals surface area contributed by atoms with Crippen LogP contribution in [-0.2, 0) is 27.1 Å². The average molecular weight is 255 g/mol. The van der Waals surface area contributed by atoms with Crippen LogP contribution in [0.1, 0.15) is 11.1 Å². The predicted octanol–water partition coefficient (Wildman–Crippen LogP) is 1.58.